The minimum absolute atomic E-state index is 0.378. The lowest BCUT2D eigenvalue weighted by Crippen LogP contribution is -3.27. The lowest BCUT2D eigenvalue weighted by atomic mass is 9.84. The summed E-state index contributed by atoms with van der Waals surface area (Å²) in [4.78, 5) is 3.10. The number of likely N-dealkylation sites (N-methyl/N-ethyl adjacent to an activating group) is 1. The number of aliphatic hydroxyl groups excluding tert-OH is 1. The van der Waals surface area contributed by atoms with Crippen molar-refractivity contribution >= 4 is 0 Å². The van der Waals surface area contributed by atoms with Crippen molar-refractivity contribution in [3.8, 4) is 5.75 Å². The van der Waals surface area contributed by atoms with Crippen molar-refractivity contribution in [3.63, 3.8) is 0 Å². The largest absolute Gasteiger partial charge is 0.491 e. The van der Waals surface area contributed by atoms with Gasteiger partial charge in [-0.3, -0.25) is 0 Å². The number of rotatable bonds is 6. The second-order valence-corrected chi connectivity index (χ2v) is 7.78. The van der Waals surface area contributed by atoms with Gasteiger partial charge in [0.1, 0.15) is 51.2 Å². The molecule has 0 amide bonds. The van der Waals surface area contributed by atoms with Gasteiger partial charge in [-0.15, -0.1) is 0 Å². The Hall–Kier alpha value is -1.10. The molecule has 1 aliphatic carbocycles. The standard InChI is InChI=1S/C20H32N2O2/c1-21-11-13-22(14-12-21)15-19(23)16-24-20-9-7-18(8-10-20)17-5-3-2-4-6-17/h7-10,17,19,23H,2-6,11-16H2,1H3/p+2/t19-/m1/s1. The molecule has 1 saturated carbocycles. The third-order valence-electron chi connectivity index (χ3n) is 5.73. The normalized spacial score (nSPS) is 26.9. The van der Waals surface area contributed by atoms with E-state index in [9.17, 15) is 5.11 Å². The van der Waals surface area contributed by atoms with Crippen LogP contribution < -0.4 is 14.5 Å². The molecule has 1 heterocycles. The van der Waals surface area contributed by atoms with Gasteiger partial charge in [0.25, 0.3) is 0 Å². The maximum atomic E-state index is 10.2. The van der Waals surface area contributed by atoms with E-state index in [0.29, 0.717) is 6.61 Å². The highest BCUT2D eigenvalue weighted by Crippen LogP contribution is 2.33. The Balaban J connectivity index is 1.41. The predicted molar refractivity (Wildman–Crippen MR) is 96.0 cm³/mol. The zero-order chi connectivity index (χ0) is 16.8. The van der Waals surface area contributed by atoms with E-state index in [4.69, 9.17) is 4.74 Å². The lowest BCUT2D eigenvalue weighted by molar-refractivity contribution is -1.00. The van der Waals surface area contributed by atoms with Gasteiger partial charge in [-0.2, -0.15) is 0 Å². The number of aliphatic hydroxyl groups is 1. The Morgan fingerprint density at radius 2 is 1.71 bits per heavy atom. The zero-order valence-electron chi connectivity index (χ0n) is 15.1. The molecule has 0 unspecified atom stereocenters. The van der Waals surface area contributed by atoms with Gasteiger partial charge in [0.15, 0.2) is 0 Å². The molecule has 1 aromatic rings. The molecule has 4 heteroatoms. The fraction of sp³-hybridized carbons (Fsp3) is 0.700. The molecule has 3 rings (SSSR count). The third-order valence-corrected chi connectivity index (χ3v) is 5.73. The van der Waals surface area contributed by atoms with Crippen LogP contribution in [0.15, 0.2) is 24.3 Å². The molecule has 1 saturated heterocycles. The van der Waals surface area contributed by atoms with Gasteiger partial charge in [-0.25, -0.2) is 0 Å². The van der Waals surface area contributed by atoms with Gasteiger partial charge in [0.05, 0.1) is 7.05 Å². The van der Waals surface area contributed by atoms with Crippen LogP contribution in [0.3, 0.4) is 0 Å². The van der Waals surface area contributed by atoms with Crippen molar-refractivity contribution in [3.05, 3.63) is 29.8 Å². The van der Waals surface area contributed by atoms with Crippen LogP contribution in [-0.2, 0) is 0 Å². The molecule has 1 atom stereocenters. The monoisotopic (exact) mass is 334 g/mol. The summed E-state index contributed by atoms with van der Waals surface area (Å²) in [5.41, 5.74) is 1.45. The van der Waals surface area contributed by atoms with E-state index >= 15 is 0 Å². The van der Waals surface area contributed by atoms with E-state index in [1.54, 1.807) is 4.90 Å². The molecule has 4 nitrogen and oxygen atoms in total. The molecule has 0 aromatic heterocycles. The zero-order valence-corrected chi connectivity index (χ0v) is 15.1. The van der Waals surface area contributed by atoms with E-state index in [0.717, 1.165) is 31.3 Å². The Labute approximate surface area is 146 Å². The van der Waals surface area contributed by atoms with Crippen molar-refractivity contribution in [2.45, 2.75) is 44.1 Å². The smallest absolute Gasteiger partial charge is 0.137 e. The SMILES string of the molecule is C[NH+]1CC[NH+](C[C@@H](O)COc2ccc(C3CCCCC3)cc2)CC1. The quantitative estimate of drug-likeness (QED) is 0.679. The minimum atomic E-state index is -0.378. The van der Waals surface area contributed by atoms with Crippen molar-refractivity contribution in [1.29, 1.82) is 0 Å². The number of benzene rings is 1. The molecular formula is C20H34N2O2+2. The summed E-state index contributed by atoms with van der Waals surface area (Å²) in [6.45, 7) is 5.90. The number of hydrogen-bond acceptors (Lipinski definition) is 2. The first-order chi connectivity index (χ1) is 11.7. The number of nitrogens with one attached hydrogen (secondary N) is 2. The number of quaternary nitrogens is 2. The second-order valence-electron chi connectivity index (χ2n) is 7.78. The first-order valence-corrected chi connectivity index (χ1v) is 9.76. The molecular weight excluding hydrogens is 300 g/mol. The summed E-state index contributed by atoms with van der Waals surface area (Å²) in [5.74, 6) is 1.62. The van der Waals surface area contributed by atoms with Crippen molar-refractivity contribution in [2.24, 2.45) is 0 Å². The number of ether oxygens (including phenoxy) is 1. The molecule has 0 radical (unpaired) electrons. The van der Waals surface area contributed by atoms with E-state index in [2.05, 4.69) is 31.3 Å². The van der Waals surface area contributed by atoms with E-state index in [-0.39, 0.29) is 6.10 Å². The van der Waals surface area contributed by atoms with Crippen LogP contribution in [-0.4, -0.2) is 57.6 Å². The molecule has 24 heavy (non-hydrogen) atoms. The molecule has 1 aliphatic heterocycles. The molecule has 0 spiro atoms. The summed E-state index contributed by atoms with van der Waals surface area (Å²) < 4.78 is 5.80. The van der Waals surface area contributed by atoms with Gasteiger partial charge >= 0.3 is 0 Å². The Bertz CT molecular complexity index is 477. The van der Waals surface area contributed by atoms with Gasteiger partial charge in [0, 0.05) is 0 Å². The highest BCUT2D eigenvalue weighted by Gasteiger charge is 2.22. The summed E-state index contributed by atoms with van der Waals surface area (Å²) in [5, 5.41) is 10.2. The van der Waals surface area contributed by atoms with Crippen molar-refractivity contribution < 1.29 is 19.6 Å². The summed E-state index contributed by atoms with van der Waals surface area (Å²) >= 11 is 0. The van der Waals surface area contributed by atoms with Crippen LogP contribution in [0.5, 0.6) is 5.75 Å². The van der Waals surface area contributed by atoms with Crippen LogP contribution >= 0.6 is 0 Å². The van der Waals surface area contributed by atoms with E-state index in [1.807, 2.05) is 0 Å². The molecule has 2 aliphatic rings. The molecule has 1 aromatic carbocycles. The van der Waals surface area contributed by atoms with Gasteiger partial charge in [-0.05, 0) is 36.5 Å². The van der Waals surface area contributed by atoms with Gasteiger partial charge in [0.2, 0.25) is 0 Å². The number of hydrogen-bond donors (Lipinski definition) is 3. The topological polar surface area (TPSA) is 38.3 Å². The molecule has 2 fully saturated rings. The maximum absolute atomic E-state index is 10.2. The summed E-state index contributed by atoms with van der Waals surface area (Å²) in [6.07, 6.45) is 6.40. The van der Waals surface area contributed by atoms with Crippen LogP contribution in [0, 0.1) is 0 Å². The second kappa shape index (κ2) is 8.84. The fourth-order valence-corrected chi connectivity index (χ4v) is 4.09. The maximum Gasteiger partial charge on any atom is 0.137 e. The molecule has 3 N–H and O–H groups in total. The first-order valence-electron chi connectivity index (χ1n) is 9.76. The average Bonchev–Trinajstić information content (AvgIpc) is 2.63. The minimum Gasteiger partial charge on any atom is -0.491 e. The van der Waals surface area contributed by atoms with Crippen molar-refractivity contribution in [2.75, 3.05) is 46.4 Å². The lowest BCUT2D eigenvalue weighted by Gasteiger charge is -2.28. The van der Waals surface area contributed by atoms with Gasteiger partial charge < -0.3 is 19.6 Å². The summed E-state index contributed by atoms with van der Waals surface area (Å²) in [6, 6.07) is 8.57. The summed E-state index contributed by atoms with van der Waals surface area (Å²) in [7, 11) is 2.24. The van der Waals surface area contributed by atoms with Crippen LogP contribution in [0.1, 0.15) is 43.6 Å². The Kier molecular flexibility index (Phi) is 6.52. The Morgan fingerprint density at radius 1 is 1.04 bits per heavy atom. The highest BCUT2D eigenvalue weighted by atomic mass is 16.5. The fourth-order valence-electron chi connectivity index (χ4n) is 4.09. The molecule has 0 bridgehead atoms. The van der Waals surface area contributed by atoms with Crippen molar-refractivity contribution in [1.82, 2.24) is 0 Å². The third kappa shape index (κ3) is 5.20. The first kappa shape index (κ1) is 17.7. The van der Waals surface area contributed by atoms with E-state index in [1.165, 1.54) is 55.7 Å². The van der Waals surface area contributed by atoms with Crippen LogP contribution in [0.25, 0.3) is 0 Å². The molecule has 134 valence electrons. The van der Waals surface area contributed by atoms with Gasteiger partial charge in [-0.1, -0.05) is 31.4 Å². The number of piperazine rings is 1. The van der Waals surface area contributed by atoms with E-state index < -0.39 is 0 Å². The highest BCUT2D eigenvalue weighted by molar-refractivity contribution is 5.29. The Morgan fingerprint density at radius 3 is 2.38 bits per heavy atom. The predicted octanol–water partition coefficient (Wildman–Crippen LogP) is -0.113. The van der Waals surface area contributed by atoms with Crippen LogP contribution in [0.4, 0.5) is 0 Å². The van der Waals surface area contributed by atoms with Crippen LogP contribution in [0.2, 0.25) is 0 Å². The average molecular weight is 335 g/mol.